The second kappa shape index (κ2) is 15.8. The number of hydrogen-bond donors (Lipinski definition) is 0. The fraction of sp³-hybridized carbons (Fsp3) is 0.394. The Labute approximate surface area is 250 Å². The van der Waals surface area contributed by atoms with Crippen molar-refractivity contribution in [3.05, 3.63) is 108 Å². The molecule has 1 saturated heterocycles. The van der Waals surface area contributed by atoms with Crippen LogP contribution in [-0.2, 0) is 43.1 Å². The van der Waals surface area contributed by atoms with Gasteiger partial charge in [-0.2, -0.15) is 0 Å². The molecule has 0 aromatic heterocycles. The number of hydrogen-bond acceptors (Lipinski definition) is 7. The molecule has 3 atom stereocenters. The van der Waals surface area contributed by atoms with Gasteiger partial charge in [-0.15, -0.1) is 0 Å². The van der Waals surface area contributed by atoms with Crippen LogP contribution >= 0.6 is 8.53 Å². The zero-order valence-electron chi connectivity index (χ0n) is 24.8. The van der Waals surface area contributed by atoms with Crippen molar-refractivity contribution in [2.45, 2.75) is 78.2 Å². The van der Waals surface area contributed by atoms with Crippen LogP contribution in [0.1, 0.15) is 50.8 Å². The molecule has 9 heteroatoms. The van der Waals surface area contributed by atoms with Gasteiger partial charge >= 0.3 is 12.1 Å². The number of esters is 1. The molecule has 8 nitrogen and oxygen atoms in total. The number of likely N-dealkylation sites (tertiary alicyclic amines) is 1. The Balaban J connectivity index is 1.53. The first-order valence-electron chi connectivity index (χ1n) is 14.4. The molecule has 0 aliphatic carbocycles. The van der Waals surface area contributed by atoms with Crippen LogP contribution in [0.4, 0.5) is 4.79 Å². The molecule has 4 rings (SSSR count). The molecule has 3 aromatic carbocycles. The number of amides is 1. The predicted octanol–water partition coefficient (Wildman–Crippen LogP) is 7.09. The second-order valence-electron chi connectivity index (χ2n) is 10.8. The molecule has 1 aliphatic rings. The lowest BCUT2D eigenvalue weighted by molar-refractivity contribution is -0.152. The van der Waals surface area contributed by atoms with Gasteiger partial charge in [-0.25, -0.2) is 14.3 Å². The van der Waals surface area contributed by atoms with Crippen LogP contribution in [0.5, 0.6) is 0 Å². The zero-order chi connectivity index (χ0) is 29.9. The van der Waals surface area contributed by atoms with E-state index >= 15 is 0 Å². The summed E-state index contributed by atoms with van der Waals surface area (Å²) in [6.07, 6.45) is -0.756. The Morgan fingerprint density at radius 2 is 1.24 bits per heavy atom. The minimum atomic E-state index is -1.58. The van der Waals surface area contributed by atoms with Gasteiger partial charge in [0, 0.05) is 18.6 Å². The minimum Gasteiger partial charge on any atom is -0.459 e. The number of ether oxygens (including phenoxy) is 2. The molecule has 42 heavy (non-hydrogen) atoms. The normalized spacial score (nSPS) is 17.5. The molecule has 0 saturated carbocycles. The summed E-state index contributed by atoms with van der Waals surface area (Å²) in [5.41, 5.74) is 2.75. The second-order valence-corrected chi connectivity index (χ2v) is 12.2. The molecule has 3 aromatic rings. The lowest BCUT2D eigenvalue weighted by atomic mass is 10.2. The summed E-state index contributed by atoms with van der Waals surface area (Å²) in [4.78, 5) is 28.4. The van der Waals surface area contributed by atoms with Crippen molar-refractivity contribution in [2.75, 3.05) is 6.54 Å². The van der Waals surface area contributed by atoms with E-state index in [9.17, 15) is 9.59 Å². The van der Waals surface area contributed by atoms with E-state index in [1.807, 2.05) is 91.0 Å². The molecule has 0 bridgehead atoms. The Kier molecular flexibility index (Phi) is 11.9. The first-order chi connectivity index (χ1) is 20.3. The number of nitrogens with zero attached hydrogens (tertiary/aromatic N) is 2. The maximum atomic E-state index is 13.6. The van der Waals surface area contributed by atoms with Crippen LogP contribution < -0.4 is 0 Å². The summed E-state index contributed by atoms with van der Waals surface area (Å²) >= 11 is 0. The quantitative estimate of drug-likeness (QED) is 0.155. The van der Waals surface area contributed by atoms with E-state index < -0.39 is 32.7 Å². The van der Waals surface area contributed by atoms with E-state index in [1.165, 1.54) is 4.90 Å². The van der Waals surface area contributed by atoms with Crippen LogP contribution in [0.3, 0.4) is 0 Å². The van der Waals surface area contributed by atoms with Gasteiger partial charge in [-0.05, 0) is 50.8 Å². The third kappa shape index (κ3) is 8.85. The summed E-state index contributed by atoms with van der Waals surface area (Å²) in [6.45, 7) is 9.25. The highest BCUT2D eigenvalue weighted by molar-refractivity contribution is 7.44. The van der Waals surface area contributed by atoms with Crippen LogP contribution in [0.2, 0.25) is 0 Å². The molecule has 1 unspecified atom stereocenters. The first kappa shape index (κ1) is 31.6. The Morgan fingerprint density at radius 3 is 1.74 bits per heavy atom. The smallest absolute Gasteiger partial charge is 0.410 e. The molecule has 0 radical (unpaired) electrons. The van der Waals surface area contributed by atoms with Crippen LogP contribution in [0.15, 0.2) is 91.0 Å². The molecule has 0 N–H and O–H groups in total. The van der Waals surface area contributed by atoms with Gasteiger partial charge in [0.1, 0.15) is 13.2 Å². The predicted molar refractivity (Wildman–Crippen MR) is 163 cm³/mol. The van der Waals surface area contributed by atoms with Crippen molar-refractivity contribution in [1.82, 2.24) is 9.57 Å². The first-order valence-corrected chi connectivity index (χ1v) is 15.6. The molecule has 1 amide bonds. The van der Waals surface area contributed by atoms with Crippen molar-refractivity contribution >= 4 is 20.6 Å². The lowest BCUT2D eigenvalue weighted by Gasteiger charge is -2.37. The molecular formula is C33H41N2O6P. The average Bonchev–Trinajstić information content (AvgIpc) is 3.42. The highest BCUT2D eigenvalue weighted by Gasteiger charge is 2.47. The SMILES string of the molecule is CC(C)N(C(C)C)P(OCc1ccccc1)O[C@@H]1CCN(C(=O)OCc2ccccc2)[C@H]1C(=O)OCc1ccccc1. The summed E-state index contributed by atoms with van der Waals surface area (Å²) in [5.74, 6) is -0.531. The number of benzene rings is 3. The van der Waals surface area contributed by atoms with Crippen molar-refractivity contribution in [1.29, 1.82) is 0 Å². The number of carbonyl (C=O) groups excluding carboxylic acids is 2. The third-order valence-corrected chi connectivity index (χ3v) is 9.01. The highest BCUT2D eigenvalue weighted by atomic mass is 31.2. The van der Waals surface area contributed by atoms with Gasteiger partial charge < -0.3 is 18.5 Å². The molecule has 1 heterocycles. The summed E-state index contributed by atoms with van der Waals surface area (Å²) in [6, 6.07) is 28.1. The fourth-order valence-electron chi connectivity index (χ4n) is 4.92. The largest absolute Gasteiger partial charge is 0.459 e. The van der Waals surface area contributed by atoms with E-state index in [-0.39, 0.29) is 25.3 Å². The zero-order valence-corrected chi connectivity index (χ0v) is 25.7. The van der Waals surface area contributed by atoms with E-state index in [1.54, 1.807) is 0 Å². The Hall–Kier alpha value is -3.29. The fourth-order valence-corrected chi connectivity index (χ4v) is 6.69. The number of carbonyl (C=O) groups is 2. The highest BCUT2D eigenvalue weighted by Crippen LogP contribution is 2.49. The topological polar surface area (TPSA) is 77.5 Å². The maximum absolute atomic E-state index is 13.6. The van der Waals surface area contributed by atoms with Gasteiger partial charge in [0.15, 0.2) is 6.04 Å². The summed E-state index contributed by atoms with van der Waals surface area (Å²) in [5, 5.41) is 0. The average molecular weight is 593 g/mol. The molecule has 1 fully saturated rings. The van der Waals surface area contributed by atoms with Gasteiger partial charge in [0.05, 0.1) is 12.7 Å². The lowest BCUT2D eigenvalue weighted by Crippen LogP contribution is -2.47. The van der Waals surface area contributed by atoms with Gasteiger partial charge in [-0.3, -0.25) is 4.90 Å². The van der Waals surface area contributed by atoms with Gasteiger partial charge in [0.25, 0.3) is 8.53 Å². The summed E-state index contributed by atoms with van der Waals surface area (Å²) < 4.78 is 26.6. The van der Waals surface area contributed by atoms with Crippen molar-refractivity contribution in [2.24, 2.45) is 0 Å². The van der Waals surface area contributed by atoms with Crippen LogP contribution in [0, 0.1) is 0 Å². The van der Waals surface area contributed by atoms with Gasteiger partial charge in [0.2, 0.25) is 0 Å². The van der Waals surface area contributed by atoms with Crippen molar-refractivity contribution < 1.29 is 28.1 Å². The van der Waals surface area contributed by atoms with E-state index in [0.29, 0.717) is 19.6 Å². The molecule has 224 valence electrons. The Bertz CT molecular complexity index is 1240. The Morgan fingerprint density at radius 1 is 0.762 bits per heavy atom. The monoisotopic (exact) mass is 592 g/mol. The van der Waals surface area contributed by atoms with E-state index in [2.05, 4.69) is 32.4 Å². The minimum absolute atomic E-state index is 0.0964. The maximum Gasteiger partial charge on any atom is 0.410 e. The van der Waals surface area contributed by atoms with Crippen molar-refractivity contribution in [3.63, 3.8) is 0 Å². The van der Waals surface area contributed by atoms with Gasteiger partial charge in [-0.1, -0.05) is 91.0 Å². The standard InChI is InChI=1S/C33H41N2O6P/c1-25(2)35(26(3)4)42(40-24-29-18-12-7-13-19-29)41-30-20-21-34(33(37)39-23-28-16-10-6-11-17-28)31(30)32(36)38-22-27-14-8-5-9-15-27/h5-19,25-26,30-31H,20-24H2,1-4H3/t30-,31-,42?/m1/s1. The molecule has 1 aliphatic heterocycles. The molecule has 0 spiro atoms. The summed E-state index contributed by atoms with van der Waals surface area (Å²) in [7, 11) is -1.58. The third-order valence-electron chi connectivity index (χ3n) is 6.90. The van der Waals surface area contributed by atoms with E-state index in [0.717, 1.165) is 16.7 Å². The van der Waals surface area contributed by atoms with E-state index in [4.69, 9.17) is 18.5 Å². The molecular weight excluding hydrogens is 551 g/mol. The van der Waals surface area contributed by atoms with Crippen LogP contribution in [0.25, 0.3) is 0 Å². The van der Waals surface area contributed by atoms with Crippen LogP contribution in [-0.4, -0.2) is 52.4 Å². The number of rotatable bonds is 13. The van der Waals surface area contributed by atoms with Crippen molar-refractivity contribution in [3.8, 4) is 0 Å².